The number of carbonyl (C=O) groups is 1. The van der Waals surface area contributed by atoms with Crippen molar-refractivity contribution < 1.29 is 31.0 Å². The number of carboxylic acid groups (broad SMARTS) is 1. The molecule has 0 fully saturated rings. The van der Waals surface area contributed by atoms with E-state index in [1.54, 1.807) is 21.1 Å². The van der Waals surface area contributed by atoms with E-state index in [2.05, 4.69) is 0 Å². The van der Waals surface area contributed by atoms with Crippen molar-refractivity contribution in [2.45, 2.75) is 0 Å². The Kier molecular flexibility index (Phi) is 2.55. The van der Waals surface area contributed by atoms with Gasteiger partial charge < -0.3 is 0 Å². The van der Waals surface area contributed by atoms with Crippen LogP contribution >= 0.6 is 0 Å². The Bertz CT molecular complexity index is 42.9. The summed E-state index contributed by atoms with van der Waals surface area (Å²) in [6.07, 6.45) is 0. The first-order chi connectivity index (χ1) is 2.27. The summed E-state index contributed by atoms with van der Waals surface area (Å²) in [5.41, 5.74) is 0. The standard InChI is InChI=1S/C2H2O2.Au/c1-2(3)4;/h1H,(H,3,4);. The molecular weight excluding hydrogens is 253 g/mol. The molecule has 0 aliphatic heterocycles. The van der Waals surface area contributed by atoms with Crippen molar-refractivity contribution in [3.63, 3.8) is 0 Å². The fourth-order valence-corrected chi connectivity index (χ4v) is 0. The van der Waals surface area contributed by atoms with Crippen molar-refractivity contribution >= 4 is 5.97 Å². The molecule has 1 radical (unpaired) electrons. The number of hydrogen-bond acceptors (Lipinski definition) is 1. The minimum absolute atomic E-state index is 0.895. The Balaban J connectivity index is 2.85. The van der Waals surface area contributed by atoms with Crippen LogP contribution in [0.3, 0.4) is 0 Å². The maximum atomic E-state index is 9.30. The molecule has 0 amide bonds. The zero-order valence-corrected chi connectivity index (χ0v) is 4.40. The molecule has 0 aromatic rings. The van der Waals surface area contributed by atoms with E-state index in [4.69, 9.17) is 5.11 Å². The molecule has 0 saturated heterocycles. The second kappa shape index (κ2) is 2.45. The van der Waals surface area contributed by atoms with E-state index in [0.29, 0.717) is 0 Å². The van der Waals surface area contributed by atoms with Crippen LogP contribution in [0.15, 0.2) is 0 Å². The molecule has 0 spiro atoms. The van der Waals surface area contributed by atoms with Crippen molar-refractivity contribution in [2.24, 2.45) is 0 Å². The van der Waals surface area contributed by atoms with E-state index in [0.717, 1.165) is 4.64 Å². The fourth-order valence-electron chi connectivity index (χ4n) is 0. The van der Waals surface area contributed by atoms with E-state index in [1.807, 2.05) is 0 Å². The number of aliphatic carboxylic acids is 1. The monoisotopic (exact) mass is 255 g/mol. The van der Waals surface area contributed by atoms with Crippen molar-refractivity contribution in [1.82, 2.24) is 0 Å². The third-order valence-electron chi connectivity index (χ3n) is 0.0745. The first-order valence-electron chi connectivity index (χ1n) is 0.890. The quantitative estimate of drug-likeness (QED) is 0.658. The van der Waals surface area contributed by atoms with Crippen LogP contribution in [0.5, 0.6) is 0 Å². The molecule has 33 valence electrons. The Morgan fingerprint density at radius 2 is 2.20 bits per heavy atom. The number of hydrogen-bond donors (Lipinski definition) is 1. The summed E-state index contributed by atoms with van der Waals surface area (Å²) in [6, 6.07) is 0. The summed E-state index contributed by atoms with van der Waals surface area (Å²) in [6.45, 7) is 0. The zero-order valence-electron chi connectivity index (χ0n) is 2.23. The van der Waals surface area contributed by atoms with Crippen LogP contribution in [0.25, 0.3) is 0 Å². The third kappa shape index (κ3) is 4.21. The van der Waals surface area contributed by atoms with Crippen LogP contribution in [0, 0.1) is 4.64 Å². The van der Waals surface area contributed by atoms with Crippen LogP contribution in [-0.4, -0.2) is 11.1 Å². The van der Waals surface area contributed by atoms with Crippen LogP contribution in [0.4, 0.5) is 0 Å². The summed E-state index contributed by atoms with van der Waals surface area (Å²) in [5.74, 6) is -0.895. The second-order valence-corrected chi connectivity index (χ2v) is 1.05. The van der Waals surface area contributed by atoms with Gasteiger partial charge >= 0.3 is 41.6 Å². The van der Waals surface area contributed by atoms with Gasteiger partial charge in [-0.2, -0.15) is 0 Å². The minimum atomic E-state index is -0.895. The Hall–Kier alpha value is 0.210. The van der Waals surface area contributed by atoms with Gasteiger partial charge in [0.25, 0.3) is 0 Å². The van der Waals surface area contributed by atoms with Gasteiger partial charge in [0.05, 0.1) is 0 Å². The van der Waals surface area contributed by atoms with Gasteiger partial charge in [-0.05, 0) is 0 Å². The van der Waals surface area contributed by atoms with Crippen LogP contribution in [-0.2, 0) is 25.9 Å². The van der Waals surface area contributed by atoms with Gasteiger partial charge in [-0.1, -0.05) is 0 Å². The summed E-state index contributed by atoms with van der Waals surface area (Å²) >= 11 is 1.80. The molecule has 0 aliphatic rings. The topological polar surface area (TPSA) is 37.3 Å². The Labute approximate surface area is 42.1 Å². The van der Waals surface area contributed by atoms with Crippen molar-refractivity contribution in [3.8, 4) is 0 Å². The molecule has 2 nitrogen and oxygen atoms in total. The van der Waals surface area contributed by atoms with Crippen molar-refractivity contribution in [1.29, 1.82) is 0 Å². The van der Waals surface area contributed by atoms with Crippen LogP contribution < -0.4 is 0 Å². The van der Waals surface area contributed by atoms with Crippen molar-refractivity contribution in [3.05, 3.63) is 4.64 Å². The molecule has 0 aromatic heterocycles. The van der Waals surface area contributed by atoms with Gasteiger partial charge in [-0.25, -0.2) is 0 Å². The average Bonchev–Trinajstić information content (AvgIpc) is 1.38. The summed E-state index contributed by atoms with van der Waals surface area (Å²) in [5, 5.41) is 7.65. The Morgan fingerprint density at radius 3 is 2.20 bits per heavy atom. The van der Waals surface area contributed by atoms with Gasteiger partial charge in [0.1, 0.15) is 0 Å². The number of rotatable bonds is 1. The molecule has 0 bridgehead atoms. The molecule has 5 heavy (non-hydrogen) atoms. The van der Waals surface area contributed by atoms with Crippen molar-refractivity contribution in [2.75, 3.05) is 0 Å². The average molecular weight is 255 g/mol. The first kappa shape index (κ1) is 5.21. The predicted octanol–water partition coefficient (Wildman–Crippen LogP) is -0.220. The molecule has 0 aliphatic carbocycles. The van der Waals surface area contributed by atoms with E-state index in [1.165, 1.54) is 0 Å². The molecule has 0 aromatic carbocycles. The SMILES string of the molecule is O=C(O)[CH][Au]. The maximum absolute atomic E-state index is 9.30. The first-order valence-corrected chi connectivity index (χ1v) is 2.14. The molecule has 0 rings (SSSR count). The van der Waals surface area contributed by atoms with Crippen LogP contribution in [0.1, 0.15) is 0 Å². The number of carboxylic acids is 1. The van der Waals surface area contributed by atoms with Gasteiger partial charge in [0.2, 0.25) is 0 Å². The predicted molar refractivity (Wildman–Crippen MR) is 11.9 cm³/mol. The van der Waals surface area contributed by atoms with Gasteiger partial charge in [0.15, 0.2) is 0 Å². The van der Waals surface area contributed by atoms with E-state index < -0.39 is 5.97 Å². The fraction of sp³-hybridized carbons (Fsp3) is 0. The van der Waals surface area contributed by atoms with E-state index in [9.17, 15) is 4.79 Å². The molecule has 0 unspecified atom stereocenters. The van der Waals surface area contributed by atoms with Gasteiger partial charge in [-0.15, -0.1) is 0 Å². The molecule has 0 saturated carbocycles. The third-order valence-corrected chi connectivity index (χ3v) is 0.609. The molecule has 1 N–H and O–H groups in total. The molecule has 0 atom stereocenters. The van der Waals surface area contributed by atoms with E-state index in [-0.39, 0.29) is 0 Å². The van der Waals surface area contributed by atoms with Gasteiger partial charge in [-0.3, -0.25) is 0 Å². The zero-order chi connectivity index (χ0) is 4.28. The summed E-state index contributed by atoms with van der Waals surface area (Å²) in [7, 11) is 0. The summed E-state index contributed by atoms with van der Waals surface area (Å²) < 4.78 is 1.03. The molecule has 3 heteroatoms. The van der Waals surface area contributed by atoms with E-state index >= 15 is 0 Å². The second-order valence-electron chi connectivity index (χ2n) is 0.425. The Morgan fingerprint density at radius 1 is 2.00 bits per heavy atom. The molecule has 0 heterocycles. The normalized spacial score (nSPS) is 7.60. The van der Waals surface area contributed by atoms with Gasteiger partial charge in [0, 0.05) is 0 Å². The molecular formula is C2H2AuO2. The van der Waals surface area contributed by atoms with Crippen LogP contribution in [0.2, 0.25) is 0 Å². The summed E-state index contributed by atoms with van der Waals surface area (Å²) in [4.78, 5) is 9.30.